The Kier molecular flexibility index (Phi) is 50.9. The molecule has 0 aromatic heterocycles. The molecule has 0 unspecified atom stereocenters. The van der Waals surface area contributed by atoms with Crippen molar-refractivity contribution < 1.29 is 0 Å². The highest BCUT2D eigenvalue weighted by molar-refractivity contribution is 5.86. The number of hydrogen-bond acceptors (Lipinski definition) is 4. The zero-order chi connectivity index (χ0) is 14.7. The largest absolute Gasteiger partial charge is 0.313 e. The molecule has 0 aliphatic heterocycles. The quantitative estimate of drug-likeness (QED) is 0.227. The van der Waals surface area contributed by atoms with Crippen LogP contribution in [0.5, 0.6) is 0 Å². The van der Waals surface area contributed by atoms with E-state index in [-0.39, 0.29) is 49.6 Å². The van der Waals surface area contributed by atoms with Crippen molar-refractivity contribution in [3.63, 3.8) is 0 Å². The van der Waals surface area contributed by atoms with Gasteiger partial charge in [0.1, 0.15) is 0 Å². The zero-order valence-corrected chi connectivity index (χ0v) is 17.7. The summed E-state index contributed by atoms with van der Waals surface area (Å²) in [6.45, 7) is 15.2. The lowest BCUT2D eigenvalue weighted by Gasteiger charge is -2.03. The maximum Gasteiger partial charge on any atom is 0.0135 e. The third kappa shape index (κ3) is 33.7. The van der Waals surface area contributed by atoms with Gasteiger partial charge in [0.2, 0.25) is 0 Å². The molecule has 8 heteroatoms. The molecule has 0 saturated carbocycles. The fraction of sp³-hybridized carbons (Fsp3) is 0.625. The van der Waals surface area contributed by atoms with Crippen LogP contribution in [0.15, 0.2) is 37.5 Å². The van der Waals surface area contributed by atoms with Crippen LogP contribution < -0.4 is 21.3 Å². The molecule has 0 radical (unpaired) electrons. The van der Waals surface area contributed by atoms with Crippen molar-refractivity contribution >= 4 is 49.6 Å². The smallest absolute Gasteiger partial charge is 0.0135 e. The van der Waals surface area contributed by atoms with Gasteiger partial charge < -0.3 is 21.3 Å². The molecule has 0 atom stereocenters. The van der Waals surface area contributed by atoms with Crippen molar-refractivity contribution in [1.82, 2.24) is 21.3 Å². The number of halogens is 4. The van der Waals surface area contributed by atoms with Crippen LogP contribution in [0.1, 0.15) is 12.8 Å². The van der Waals surface area contributed by atoms with Gasteiger partial charge in [-0.1, -0.05) is 24.3 Å². The van der Waals surface area contributed by atoms with E-state index in [1.807, 2.05) is 12.2 Å². The lowest BCUT2D eigenvalue weighted by Crippen LogP contribution is -2.23. The molecule has 4 N–H and O–H groups in total. The van der Waals surface area contributed by atoms with Crippen molar-refractivity contribution in [2.45, 2.75) is 12.8 Å². The number of rotatable bonds is 16. The average Bonchev–Trinajstić information content (AvgIpc) is 2.47. The summed E-state index contributed by atoms with van der Waals surface area (Å²) in [5, 5.41) is 13.3. The Hall–Kier alpha value is 0.220. The van der Waals surface area contributed by atoms with Gasteiger partial charge in [-0.15, -0.1) is 62.8 Å². The molecule has 0 saturated heterocycles. The standard InChI is InChI=1S/C16H32N4.4ClH/c1-3-9-17-13-7-15-19-11-5-6-12-20-16-8-14-18-10-4-2;;;;/h3-6,17-20H,1-2,7-16H2;4*1H. The summed E-state index contributed by atoms with van der Waals surface area (Å²) in [5.74, 6) is 0. The second-order valence-corrected chi connectivity index (χ2v) is 4.57. The van der Waals surface area contributed by atoms with Gasteiger partial charge in [-0.3, -0.25) is 0 Å². The van der Waals surface area contributed by atoms with E-state index in [1.165, 1.54) is 0 Å². The molecule has 0 fully saturated rings. The fourth-order valence-corrected chi connectivity index (χ4v) is 1.62. The first-order chi connectivity index (χ1) is 9.91. The Morgan fingerprint density at radius 2 is 0.792 bits per heavy atom. The van der Waals surface area contributed by atoms with Gasteiger partial charge in [0.05, 0.1) is 0 Å². The van der Waals surface area contributed by atoms with E-state index in [1.54, 1.807) is 0 Å². The van der Waals surface area contributed by atoms with Crippen molar-refractivity contribution in [3.8, 4) is 0 Å². The number of nitrogens with one attached hydrogen (secondary N) is 4. The minimum Gasteiger partial charge on any atom is -0.313 e. The topological polar surface area (TPSA) is 48.1 Å². The lowest BCUT2D eigenvalue weighted by molar-refractivity contribution is 0.634. The van der Waals surface area contributed by atoms with Crippen LogP contribution in [-0.4, -0.2) is 52.4 Å². The molecule has 0 heterocycles. The summed E-state index contributed by atoms with van der Waals surface area (Å²) in [7, 11) is 0. The summed E-state index contributed by atoms with van der Waals surface area (Å²) < 4.78 is 0. The van der Waals surface area contributed by atoms with Crippen molar-refractivity contribution in [1.29, 1.82) is 0 Å². The maximum atomic E-state index is 3.67. The van der Waals surface area contributed by atoms with Crippen molar-refractivity contribution in [3.05, 3.63) is 37.5 Å². The van der Waals surface area contributed by atoms with E-state index in [9.17, 15) is 0 Å². The molecule has 0 aromatic rings. The van der Waals surface area contributed by atoms with Gasteiger partial charge in [-0.2, -0.15) is 0 Å². The average molecular weight is 426 g/mol. The Labute approximate surface area is 173 Å². The SMILES string of the molecule is C=CCNCCCNCC=CCNCCCNCC=C.Cl.Cl.Cl.Cl. The fourth-order valence-electron chi connectivity index (χ4n) is 1.62. The van der Waals surface area contributed by atoms with Crippen LogP contribution in [0.2, 0.25) is 0 Å². The second kappa shape index (κ2) is 34.5. The van der Waals surface area contributed by atoms with Gasteiger partial charge >= 0.3 is 0 Å². The van der Waals surface area contributed by atoms with E-state index in [4.69, 9.17) is 0 Å². The van der Waals surface area contributed by atoms with Crippen molar-refractivity contribution in [2.75, 3.05) is 52.4 Å². The van der Waals surface area contributed by atoms with E-state index in [2.05, 4.69) is 46.6 Å². The molecule has 0 amide bonds. The van der Waals surface area contributed by atoms with Crippen LogP contribution in [0, 0.1) is 0 Å². The summed E-state index contributed by atoms with van der Waals surface area (Å²) in [5.41, 5.74) is 0. The van der Waals surface area contributed by atoms with Gasteiger partial charge in [0.25, 0.3) is 0 Å². The Morgan fingerprint density at radius 3 is 1.08 bits per heavy atom. The molecule has 0 aromatic carbocycles. The van der Waals surface area contributed by atoms with Crippen LogP contribution >= 0.6 is 49.6 Å². The molecule has 4 nitrogen and oxygen atoms in total. The monoisotopic (exact) mass is 424 g/mol. The predicted molar refractivity (Wildman–Crippen MR) is 119 cm³/mol. The first-order valence-corrected chi connectivity index (χ1v) is 7.61. The van der Waals surface area contributed by atoms with Gasteiger partial charge in [0.15, 0.2) is 0 Å². The molecule has 24 heavy (non-hydrogen) atoms. The first-order valence-electron chi connectivity index (χ1n) is 7.61. The van der Waals surface area contributed by atoms with Crippen LogP contribution in [-0.2, 0) is 0 Å². The Bertz CT molecular complexity index is 230. The second-order valence-electron chi connectivity index (χ2n) is 4.57. The predicted octanol–water partition coefficient (Wildman–Crippen LogP) is 2.74. The first kappa shape index (κ1) is 35.4. The molecular formula is C16H36Cl4N4. The third-order valence-corrected chi connectivity index (χ3v) is 2.68. The maximum absolute atomic E-state index is 3.67. The highest BCUT2D eigenvalue weighted by Gasteiger charge is 1.87. The highest BCUT2D eigenvalue weighted by Crippen LogP contribution is 1.77. The molecule has 0 rings (SSSR count). The Morgan fingerprint density at radius 1 is 0.500 bits per heavy atom. The van der Waals surface area contributed by atoms with Crippen LogP contribution in [0.25, 0.3) is 0 Å². The normalized spacial score (nSPS) is 9.17. The van der Waals surface area contributed by atoms with Gasteiger partial charge in [-0.05, 0) is 39.0 Å². The summed E-state index contributed by atoms with van der Waals surface area (Å²) in [6.07, 6.45) is 10.4. The summed E-state index contributed by atoms with van der Waals surface area (Å²) >= 11 is 0. The van der Waals surface area contributed by atoms with E-state index in [0.717, 1.165) is 65.2 Å². The molecule has 0 spiro atoms. The summed E-state index contributed by atoms with van der Waals surface area (Å²) in [6, 6.07) is 0. The highest BCUT2D eigenvalue weighted by atomic mass is 35.5. The van der Waals surface area contributed by atoms with Crippen molar-refractivity contribution in [2.24, 2.45) is 0 Å². The minimum absolute atomic E-state index is 0. The molecule has 0 bridgehead atoms. The third-order valence-electron chi connectivity index (χ3n) is 2.68. The lowest BCUT2D eigenvalue weighted by atomic mass is 10.4. The van der Waals surface area contributed by atoms with E-state index in [0.29, 0.717) is 0 Å². The zero-order valence-electron chi connectivity index (χ0n) is 14.4. The molecule has 0 aliphatic carbocycles. The summed E-state index contributed by atoms with van der Waals surface area (Å²) in [4.78, 5) is 0. The minimum atomic E-state index is 0. The van der Waals surface area contributed by atoms with Crippen LogP contribution in [0.4, 0.5) is 0 Å². The molecule has 148 valence electrons. The van der Waals surface area contributed by atoms with Crippen LogP contribution in [0.3, 0.4) is 0 Å². The molecular weight excluding hydrogens is 390 g/mol. The van der Waals surface area contributed by atoms with E-state index < -0.39 is 0 Å². The van der Waals surface area contributed by atoms with Gasteiger partial charge in [0, 0.05) is 26.2 Å². The Balaban J connectivity index is -0.000000301. The van der Waals surface area contributed by atoms with E-state index >= 15 is 0 Å². The molecule has 0 aliphatic rings. The number of hydrogen-bond donors (Lipinski definition) is 4. The van der Waals surface area contributed by atoms with Gasteiger partial charge in [-0.25, -0.2) is 0 Å².